The third-order valence-corrected chi connectivity index (χ3v) is 4.50. The standard InChI is InChI=1S/C15H23F3N4S/c1-2-19-14(20-7-5-13-4-3-9-23-13)21-12-6-8-22(10-12)11-15(16,17)18/h3-4,9,12H,2,5-8,10-11H2,1H3,(H2,19,20,21). The van der Waals surface area contributed by atoms with Crippen molar-refractivity contribution in [2.45, 2.75) is 32.0 Å². The fraction of sp³-hybridized carbons (Fsp3) is 0.667. The lowest BCUT2D eigenvalue weighted by molar-refractivity contribution is -0.143. The molecule has 0 bridgehead atoms. The molecule has 0 amide bonds. The minimum absolute atomic E-state index is 0.0110. The summed E-state index contributed by atoms with van der Waals surface area (Å²) in [6, 6.07) is 4.10. The average molecular weight is 348 g/mol. The minimum atomic E-state index is -4.13. The number of likely N-dealkylation sites (tertiary alicyclic amines) is 1. The van der Waals surface area contributed by atoms with Gasteiger partial charge in [-0.25, -0.2) is 0 Å². The highest BCUT2D eigenvalue weighted by Crippen LogP contribution is 2.19. The van der Waals surface area contributed by atoms with Crippen LogP contribution in [-0.4, -0.2) is 55.8 Å². The maximum absolute atomic E-state index is 12.4. The van der Waals surface area contributed by atoms with Crippen LogP contribution in [0.2, 0.25) is 0 Å². The number of hydrogen-bond acceptors (Lipinski definition) is 3. The molecule has 130 valence electrons. The smallest absolute Gasteiger partial charge is 0.357 e. The van der Waals surface area contributed by atoms with Gasteiger partial charge in [-0.2, -0.15) is 13.2 Å². The first-order chi connectivity index (χ1) is 11.0. The predicted octanol–water partition coefficient (Wildman–Crippen LogP) is 2.48. The molecule has 0 radical (unpaired) electrons. The Morgan fingerprint density at radius 3 is 2.96 bits per heavy atom. The van der Waals surface area contributed by atoms with Gasteiger partial charge in [-0.3, -0.25) is 9.89 Å². The summed E-state index contributed by atoms with van der Waals surface area (Å²) >= 11 is 1.70. The van der Waals surface area contributed by atoms with Crippen molar-refractivity contribution in [1.82, 2.24) is 15.5 Å². The summed E-state index contributed by atoms with van der Waals surface area (Å²) in [6.45, 7) is 3.39. The largest absolute Gasteiger partial charge is 0.401 e. The first-order valence-corrected chi connectivity index (χ1v) is 8.70. The number of alkyl halides is 3. The molecule has 23 heavy (non-hydrogen) atoms. The van der Waals surface area contributed by atoms with Gasteiger partial charge >= 0.3 is 6.18 Å². The number of halogens is 3. The molecule has 0 aliphatic carbocycles. The van der Waals surface area contributed by atoms with Gasteiger partial charge in [-0.05, 0) is 24.8 Å². The lowest BCUT2D eigenvalue weighted by Crippen LogP contribution is -2.45. The van der Waals surface area contributed by atoms with Crippen LogP contribution in [0.5, 0.6) is 0 Å². The fourth-order valence-corrected chi connectivity index (χ4v) is 3.29. The molecule has 1 saturated heterocycles. The van der Waals surface area contributed by atoms with Gasteiger partial charge in [0.05, 0.1) is 6.54 Å². The van der Waals surface area contributed by atoms with Crippen LogP contribution in [0.15, 0.2) is 22.5 Å². The van der Waals surface area contributed by atoms with Crippen LogP contribution in [0, 0.1) is 0 Å². The van der Waals surface area contributed by atoms with Crippen LogP contribution in [0.3, 0.4) is 0 Å². The van der Waals surface area contributed by atoms with E-state index in [4.69, 9.17) is 0 Å². The molecular weight excluding hydrogens is 325 g/mol. The zero-order valence-corrected chi connectivity index (χ0v) is 14.0. The van der Waals surface area contributed by atoms with E-state index in [0.29, 0.717) is 32.0 Å². The topological polar surface area (TPSA) is 39.7 Å². The van der Waals surface area contributed by atoms with Gasteiger partial charge < -0.3 is 10.6 Å². The van der Waals surface area contributed by atoms with E-state index in [9.17, 15) is 13.2 Å². The van der Waals surface area contributed by atoms with Crippen molar-refractivity contribution in [2.75, 3.05) is 32.7 Å². The lowest BCUT2D eigenvalue weighted by atomic mass is 10.3. The second kappa shape index (κ2) is 8.54. The van der Waals surface area contributed by atoms with Gasteiger partial charge in [0.1, 0.15) is 0 Å². The summed E-state index contributed by atoms with van der Waals surface area (Å²) in [6.07, 6.45) is -2.56. The van der Waals surface area contributed by atoms with E-state index in [1.54, 1.807) is 11.3 Å². The van der Waals surface area contributed by atoms with Gasteiger partial charge in [-0.15, -0.1) is 11.3 Å². The van der Waals surface area contributed by atoms with Crippen LogP contribution in [0.4, 0.5) is 13.2 Å². The molecule has 0 saturated carbocycles. The van der Waals surface area contributed by atoms with Crippen molar-refractivity contribution < 1.29 is 13.2 Å². The van der Waals surface area contributed by atoms with Crippen LogP contribution < -0.4 is 10.6 Å². The highest BCUT2D eigenvalue weighted by atomic mass is 32.1. The Morgan fingerprint density at radius 2 is 2.30 bits per heavy atom. The van der Waals surface area contributed by atoms with Gasteiger partial charge in [0, 0.05) is 43.5 Å². The van der Waals surface area contributed by atoms with E-state index in [-0.39, 0.29) is 6.04 Å². The Balaban J connectivity index is 1.79. The van der Waals surface area contributed by atoms with Crippen molar-refractivity contribution >= 4 is 17.3 Å². The van der Waals surface area contributed by atoms with E-state index in [1.807, 2.05) is 18.4 Å². The summed E-state index contributed by atoms with van der Waals surface area (Å²) in [5, 5.41) is 8.44. The molecular formula is C15H23F3N4S. The summed E-state index contributed by atoms with van der Waals surface area (Å²) in [5.74, 6) is 0.683. The van der Waals surface area contributed by atoms with Crippen LogP contribution >= 0.6 is 11.3 Å². The molecule has 1 aliphatic rings. The monoisotopic (exact) mass is 348 g/mol. The second-order valence-corrected chi connectivity index (χ2v) is 6.60. The number of rotatable bonds is 6. The Labute approximate surface area is 138 Å². The Kier molecular flexibility index (Phi) is 6.71. The molecule has 2 heterocycles. The molecule has 1 unspecified atom stereocenters. The third-order valence-electron chi connectivity index (χ3n) is 3.57. The molecule has 2 N–H and O–H groups in total. The van der Waals surface area contributed by atoms with Crippen molar-refractivity contribution in [3.63, 3.8) is 0 Å². The molecule has 1 aliphatic heterocycles. The summed E-state index contributed by atoms with van der Waals surface area (Å²) in [7, 11) is 0. The molecule has 8 heteroatoms. The Hall–Kier alpha value is -1.28. The number of nitrogens with zero attached hydrogens (tertiary/aromatic N) is 2. The Morgan fingerprint density at radius 1 is 1.48 bits per heavy atom. The highest BCUT2D eigenvalue weighted by molar-refractivity contribution is 7.09. The molecule has 1 aromatic rings. The van der Waals surface area contributed by atoms with Gasteiger partial charge in [-0.1, -0.05) is 6.07 Å². The first-order valence-electron chi connectivity index (χ1n) is 7.82. The number of thiophene rings is 1. The SMILES string of the molecule is CCNC(=NCCc1cccs1)NC1CCN(CC(F)(F)F)C1. The normalized spacial score (nSPS) is 20.0. The van der Waals surface area contributed by atoms with Crippen molar-refractivity contribution in [2.24, 2.45) is 4.99 Å². The quantitative estimate of drug-likeness (QED) is 0.613. The molecule has 0 spiro atoms. The number of hydrogen-bond donors (Lipinski definition) is 2. The highest BCUT2D eigenvalue weighted by Gasteiger charge is 2.34. The van der Waals surface area contributed by atoms with E-state index in [0.717, 1.165) is 13.0 Å². The number of nitrogens with one attached hydrogen (secondary N) is 2. The van der Waals surface area contributed by atoms with Crippen LogP contribution in [0.25, 0.3) is 0 Å². The van der Waals surface area contributed by atoms with E-state index in [1.165, 1.54) is 9.78 Å². The molecule has 2 rings (SSSR count). The zero-order valence-electron chi connectivity index (χ0n) is 13.2. The summed E-state index contributed by atoms with van der Waals surface area (Å²) < 4.78 is 37.3. The fourth-order valence-electron chi connectivity index (χ4n) is 2.59. The average Bonchev–Trinajstić information content (AvgIpc) is 3.09. The molecule has 1 atom stereocenters. The van der Waals surface area contributed by atoms with E-state index >= 15 is 0 Å². The van der Waals surface area contributed by atoms with Crippen molar-refractivity contribution in [3.05, 3.63) is 22.4 Å². The maximum Gasteiger partial charge on any atom is 0.401 e. The molecule has 1 fully saturated rings. The minimum Gasteiger partial charge on any atom is -0.357 e. The maximum atomic E-state index is 12.4. The van der Waals surface area contributed by atoms with E-state index < -0.39 is 12.7 Å². The van der Waals surface area contributed by atoms with Gasteiger partial charge in [0.15, 0.2) is 5.96 Å². The zero-order chi connectivity index (χ0) is 16.7. The third kappa shape index (κ3) is 6.78. The summed E-state index contributed by atoms with van der Waals surface area (Å²) in [5.41, 5.74) is 0. The van der Waals surface area contributed by atoms with Crippen LogP contribution in [-0.2, 0) is 6.42 Å². The van der Waals surface area contributed by atoms with Crippen LogP contribution in [0.1, 0.15) is 18.2 Å². The first kappa shape index (κ1) is 18.1. The number of guanidine groups is 1. The van der Waals surface area contributed by atoms with Gasteiger partial charge in [0.25, 0.3) is 0 Å². The molecule has 4 nitrogen and oxygen atoms in total. The Bertz CT molecular complexity index is 487. The second-order valence-electron chi connectivity index (χ2n) is 5.57. The van der Waals surface area contributed by atoms with Gasteiger partial charge in [0.2, 0.25) is 0 Å². The van der Waals surface area contributed by atoms with E-state index in [2.05, 4.69) is 21.7 Å². The van der Waals surface area contributed by atoms with Crippen molar-refractivity contribution in [3.8, 4) is 0 Å². The summed E-state index contributed by atoms with van der Waals surface area (Å²) in [4.78, 5) is 7.23. The predicted molar refractivity (Wildman–Crippen MR) is 88.0 cm³/mol. The van der Waals surface area contributed by atoms with Crippen molar-refractivity contribution in [1.29, 1.82) is 0 Å². The molecule has 1 aromatic heterocycles. The lowest BCUT2D eigenvalue weighted by Gasteiger charge is -2.19. The number of aliphatic imine (C=N–C) groups is 1. The molecule has 0 aromatic carbocycles.